The number of Topliss-reactive ketones (excluding diaryl/α,β-unsaturated/α-hetero) is 1. The number of ether oxygens (including phenoxy) is 1. The molecule has 1 aromatic rings. The Morgan fingerprint density at radius 2 is 2.05 bits per heavy atom. The van der Waals surface area contributed by atoms with E-state index >= 15 is 0 Å². The van der Waals surface area contributed by atoms with Crippen molar-refractivity contribution in [2.24, 2.45) is 0 Å². The SMILES string of the molecule is O=C1CCc2c(OC3CCCCNC3=O)cccc21. The van der Waals surface area contributed by atoms with E-state index in [0.717, 1.165) is 43.4 Å². The first-order valence-corrected chi connectivity index (χ1v) is 6.85. The summed E-state index contributed by atoms with van der Waals surface area (Å²) in [7, 11) is 0. The van der Waals surface area contributed by atoms with Crippen LogP contribution in [0.5, 0.6) is 5.75 Å². The summed E-state index contributed by atoms with van der Waals surface area (Å²) in [5.41, 5.74) is 1.72. The summed E-state index contributed by atoms with van der Waals surface area (Å²) < 4.78 is 5.87. The second-order valence-corrected chi connectivity index (χ2v) is 5.10. The number of fused-ring (bicyclic) bond motifs is 1. The van der Waals surface area contributed by atoms with Gasteiger partial charge in [0, 0.05) is 24.1 Å². The second-order valence-electron chi connectivity index (χ2n) is 5.10. The molecular weight excluding hydrogens is 242 g/mol. The molecule has 19 heavy (non-hydrogen) atoms. The quantitative estimate of drug-likeness (QED) is 0.882. The molecule has 1 atom stereocenters. The van der Waals surface area contributed by atoms with Crippen LogP contribution in [-0.2, 0) is 11.2 Å². The zero-order valence-corrected chi connectivity index (χ0v) is 10.8. The van der Waals surface area contributed by atoms with Crippen molar-refractivity contribution in [2.75, 3.05) is 6.54 Å². The fourth-order valence-electron chi connectivity index (χ4n) is 2.75. The lowest BCUT2D eigenvalue weighted by Gasteiger charge is -2.17. The Morgan fingerprint density at radius 3 is 2.95 bits per heavy atom. The van der Waals surface area contributed by atoms with Gasteiger partial charge in [-0.2, -0.15) is 0 Å². The summed E-state index contributed by atoms with van der Waals surface area (Å²) in [5.74, 6) is 0.829. The van der Waals surface area contributed by atoms with Crippen LogP contribution in [-0.4, -0.2) is 24.3 Å². The molecule has 4 heteroatoms. The number of carbonyl (C=O) groups is 2. The van der Waals surface area contributed by atoms with Crippen molar-refractivity contribution in [3.8, 4) is 5.75 Å². The molecule has 0 bridgehead atoms. The number of hydrogen-bond acceptors (Lipinski definition) is 3. The van der Waals surface area contributed by atoms with Crippen LogP contribution in [0.15, 0.2) is 18.2 Å². The zero-order chi connectivity index (χ0) is 13.2. The Kier molecular flexibility index (Phi) is 3.23. The van der Waals surface area contributed by atoms with E-state index in [2.05, 4.69) is 5.32 Å². The highest BCUT2D eigenvalue weighted by atomic mass is 16.5. The Hall–Kier alpha value is -1.84. The molecule has 1 aromatic carbocycles. The van der Waals surface area contributed by atoms with Crippen molar-refractivity contribution < 1.29 is 14.3 Å². The smallest absolute Gasteiger partial charge is 0.261 e. The van der Waals surface area contributed by atoms with Crippen LogP contribution in [0.3, 0.4) is 0 Å². The van der Waals surface area contributed by atoms with Gasteiger partial charge in [0.2, 0.25) is 0 Å². The topological polar surface area (TPSA) is 55.4 Å². The first-order valence-electron chi connectivity index (χ1n) is 6.85. The molecule has 1 amide bonds. The van der Waals surface area contributed by atoms with Crippen molar-refractivity contribution in [3.63, 3.8) is 0 Å². The Bertz CT molecular complexity index is 524. The molecule has 1 N–H and O–H groups in total. The third-order valence-electron chi connectivity index (χ3n) is 3.79. The molecule has 3 rings (SSSR count). The zero-order valence-electron chi connectivity index (χ0n) is 10.8. The monoisotopic (exact) mass is 259 g/mol. The molecular formula is C15H17NO3. The second kappa shape index (κ2) is 5.03. The lowest BCUT2D eigenvalue weighted by molar-refractivity contribution is -0.127. The fraction of sp³-hybridized carbons (Fsp3) is 0.467. The Balaban J connectivity index is 1.83. The molecule has 1 aliphatic carbocycles. The molecule has 1 unspecified atom stereocenters. The van der Waals surface area contributed by atoms with E-state index in [9.17, 15) is 9.59 Å². The number of amides is 1. The van der Waals surface area contributed by atoms with E-state index in [1.54, 1.807) is 0 Å². The van der Waals surface area contributed by atoms with Crippen LogP contribution < -0.4 is 10.1 Å². The van der Waals surface area contributed by atoms with Gasteiger partial charge >= 0.3 is 0 Å². The maximum absolute atomic E-state index is 11.9. The lowest BCUT2D eigenvalue weighted by Crippen LogP contribution is -2.36. The number of benzene rings is 1. The minimum absolute atomic E-state index is 0.0422. The highest BCUT2D eigenvalue weighted by Gasteiger charge is 2.27. The molecule has 0 saturated carbocycles. The number of carbonyl (C=O) groups excluding carboxylic acids is 2. The average Bonchev–Trinajstić information content (AvgIpc) is 2.67. The Labute approximate surface area is 112 Å². The summed E-state index contributed by atoms with van der Waals surface area (Å²) in [6, 6.07) is 5.52. The number of hydrogen-bond donors (Lipinski definition) is 1. The van der Waals surface area contributed by atoms with E-state index in [1.807, 2.05) is 18.2 Å². The van der Waals surface area contributed by atoms with Crippen molar-refractivity contribution in [3.05, 3.63) is 29.3 Å². The molecule has 4 nitrogen and oxygen atoms in total. The molecule has 100 valence electrons. The van der Waals surface area contributed by atoms with Crippen molar-refractivity contribution in [1.82, 2.24) is 5.32 Å². The van der Waals surface area contributed by atoms with Crippen molar-refractivity contribution in [2.45, 2.75) is 38.2 Å². The van der Waals surface area contributed by atoms with Crippen molar-refractivity contribution >= 4 is 11.7 Å². The summed E-state index contributed by atoms with van der Waals surface area (Å²) in [6.45, 7) is 0.726. The van der Waals surface area contributed by atoms with Gasteiger partial charge in [-0.25, -0.2) is 0 Å². The van der Waals surface area contributed by atoms with Gasteiger partial charge in [0.25, 0.3) is 5.91 Å². The predicted molar refractivity (Wildman–Crippen MR) is 70.4 cm³/mol. The molecule has 0 spiro atoms. The molecule has 2 aliphatic rings. The van der Waals surface area contributed by atoms with E-state index in [4.69, 9.17) is 4.74 Å². The van der Waals surface area contributed by atoms with Gasteiger partial charge in [-0.05, 0) is 31.7 Å². The van der Waals surface area contributed by atoms with Crippen LogP contribution in [0.25, 0.3) is 0 Å². The van der Waals surface area contributed by atoms with Gasteiger partial charge in [0.05, 0.1) is 0 Å². The van der Waals surface area contributed by atoms with Crippen LogP contribution in [0.4, 0.5) is 0 Å². The van der Waals surface area contributed by atoms with Crippen LogP contribution in [0.1, 0.15) is 41.6 Å². The molecule has 1 heterocycles. The van der Waals surface area contributed by atoms with Gasteiger partial charge in [0.15, 0.2) is 11.9 Å². The lowest BCUT2D eigenvalue weighted by atomic mass is 10.1. The molecule has 0 radical (unpaired) electrons. The van der Waals surface area contributed by atoms with Gasteiger partial charge in [0.1, 0.15) is 5.75 Å². The first kappa shape index (κ1) is 12.2. The van der Waals surface area contributed by atoms with Gasteiger partial charge in [-0.3, -0.25) is 9.59 Å². The number of nitrogens with one attached hydrogen (secondary N) is 1. The normalized spacial score (nSPS) is 22.6. The number of ketones is 1. The van der Waals surface area contributed by atoms with Gasteiger partial charge < -0.3 is 10.1 Å². The van der Waals surface area contributed by atoms with Crippen LogP contribution >= 0.6 is 0 Å². The predicted octanol–water partition coefficient (Wildman–Crippen LogP) is 1.86. The standard InChI is InChI=1S/C15H17NO3/c17-12-8-7-11-10(12)4-3-6-13(11)19-14-5-1-2-9-16-15(14)18/h3-4,6,14H,1-2,5,7-9H2,(H,16,18). The van der Waals surface area contributed by atoms with Gasteiger partial charge in [-0.15, -0.1) is 0 Å². The average molecular weight is 259 g/mol. The first-order chi connectivity index (χ1) is 9.25. The summed E-state index contributed by atoms with van der Waals surface area (Å²) in [4.78, 5) is 23.6. The van der Waals surface area contributed by atoms with Gasteiger partial charge in [-0.1, -0.05) is 12.1 Å². The third-order valence-corrected chi connectivity index (χ3v) is 3.79. The van der Waals surface area contributed by atoms with E-state index in [-0.39, 0.29) is 11.7 Å². The van der Waals surface area contributed by atoms with Crippen molar-refractivity contribution in [1.29, 1.82) is 0 Å². The van der Waals surface area contributed by atoms with E-state index in [0.29, 0.717) is 12.2 Å². The van der Waals surface area contributed by atoms with Crippen LogP contribution in [0.2, 0.25) is 0 Å². The molecule has 1 saturated heterocycles. The summed E-state index contributed by atoms with van der Waals surface area (Å²) >= 11 is 0. The molecule has 0 aromatic heterocycles. The summed E-state index contributed by atoms with van der Waals surface area (Å²) in [5, 5.41) is 2.86. The number of rotatable bonds is 2. The highest BCUT2D eigenvalue weighted by Crippen LogP contribution is 2.31. The maximum atomic E-state index is 11.9. The third kappa shape index (κ3) is 2.35. The van der Waals surface area contributed by atoms with Crippen LogP contribution in [0, 0.1) is 0 Å². The minimum Gasteiger partial charge on any atom is -0.480 e. The molecule has 1 aliphatic heterocycles. The Morgan fingerprint density at radius 1 is 1.16 bits per heavy atom. The molecule has 1 fully saturated rings. The fourth-order valence-corrected chi connectivity index (χ4v) is 2.75. The maximum Gasteiger partial charge on any atom is 0.261 e. The van der Waals surface area contributed by atoms with E-state index in [1.165, 1.54) is 0 Å². The highest BCUT2D eigenvalue weighted by molar-refractivity contribution is 6.01. The minimum atomic E-state index is -0.426. The summed E-state index contributed by atoms with van der Waals surface area (Å²) in [6.07, 6.45) is 3.56. The largest absolute Gasteiger partial charge is 0.480 e. The van der Waals surface area contributed by atoms with E-state index < -0.39 is 6.10 Å².